The van der Waals surface area contributed by atoms with Crippen molar-refractivity contribution in [2.45, 2.75) is 45.1 Å². The monoisotopic (exact) mass is 427 g/mol. The molecule has 0 aromatic heterocycles. The molecule has 2 saturated heterocycles. The summed E-state index contributed by atoms with van der Waals surface area (Å²) < 4.78 is 44.5. The van der Waals surface area contributed by atoms with Crippen molar-refractivity contribution in [1.29, 1.82) is 0 Å². The van der Waals surface area contributed by atoms with Gasteiger partial charge in [0.15, 0.2) is 0 Å². The Morgan fingerprint density at radius 1 is 1.20 bits per heavy atom. The Hall–Kier alpha value is -2.13. The van der Waals surface area contributed by atoms with Gasteiger partial charge in [0.1, 0.15) is 0 Å². The van der Waals surface area contributed by atoms with Crippen LogP contribution in [0.25, 0.3) is 0 Å². The summed E-state index contributed by atoms with van der Waals surface area (Å²) in [4.78, 5) is 28.3. The van der Waals surface area contributed by atoms with Gasteiger partial charge in [-0.25, -0.2) is 0 Å². The number of amides is 2. The van der Waals surface area contributed by atoms with Crippen molar-refractivity contribution in [2.24, 2.45) is 5.92 Å². The average Bonchev–Trinajstić information content (AvgIpc) is 3.05. The maximum atomic E-state index is 12.9. The van der Waals surface area contributed by atoms with Crippen LogP contribution in [0.4, 0.5) is 18.9 Å². The van der Waals surface area contributed by atoms with Gasteiger partial charge < -0.3 is 15.0 Å². The number of ether oxygens (including phenoxy) is 1. The third-order valence-electron chi connectivity index (χ3n) is 5.43. The van der Waals surface area contributed by atoms with Crippen molar-refractivity contribution in [3.8, 4) is 0 Å². The topological polar surface area (TPSA) is 61.9 Å². The number of anilines is 1. The molecule has 3 rings (SSSR count). The van der Waals surface area contributed by atoms with Crippen LogP contribution >= 0.6 is 0 Å². The molecule has 2 aliphatic rings. The predicted molar refractivity (Wildman–Crippen MR) is 106 cm³/mol. The lowest BCUT2D eigenvalue weighted by Gasteiger charge is -2.35. The largest absolute Gasteiger partial charge is 0.416 e. The minimum atomic E-state index is -4.48. The predicted octanol–water partition coefficient (Wildman–Crippen LogP) is 2.67. The van der Waals surface area contributed by atoms with Crippen molar-refractivity contribution in [3.63, 3.8) is 0 Å². The maximum absolute atomic E-state index is 12.9. The van der Waals surface area contributed by atoms with Gasteiger partial charge in [0.05, 0.1) is 23.7 Å². The standard InChI is InChI=1S/C21H28F3N3O3/c1-14-11-26(12-15(2)30-14)8-4-7-25-20(29)16-9-19(28)27(13-16)18-6-3-5-17(10-18)21(22,23)24/h3,5-6,10,14-16H,4,7-9,11-13H2,1-2H3,(H,25,29). The SMILES string of the molecule is CC1CN(CCCNC(=O)C2CC(=O)N(c3cccc(C(F)(F)F)c3)C2)CC(C)O1. The van der Waals surface area contributed by atoms with E-state index in [1.165, 1.54) is 17.0 Å². The normalized spacial score (nSPS) is 25.6. The zero-order chi connectivity index (χ0) is 21.9. The van der Waals surface area contributed by atoms with Crippen LogP contribution in [0.15, 0.2) is 24.3 Å². The number of carbonyl (C=O) groups excluding carboxylic acids is 2. The molecule has 0 bridgehead atoms. The maximum Gasteiger partial charge on any atom is 0.416 e. The number of hydrogen-bond acceptors (Lipinski definition) is 4. The molecule has 2 aliphatic heterocycles. The summed E-state index contributed by atoms with van der Waals surface area (Å²) in [5.41, 5.74) is -0.645. The third kappa shape index (κ3) is 5.72. The molecule has 0 spiro atoms. The fraction of sp³-hybridized carbons (Fsp3) is 0.619. The minimum absolute atomic E-state index is 0.000568. The summed E-state index contributed by atoms with van der Waals surface area (Å²) in [5.74, 6) is -1.14. The van der Waals surface area contributed by atoms with Crippen LogP contribution in [0.2, 0.25) is 0 Å². The van der Waals surface area contributed by atoms with Gasteiger partial charge >= 0.3 is 6.18 Å². The number of carbonyl (C=O) groups is 2. The first-order valence-corrected chi connectivity index (χ1v) is 10.3. The Morgan fingerprint density at radius 3 is 2.57 bits per heavy atom. The molecular weight excluding hydrogens is 399 g/mol. The summed E-state index contributed by atoms with van der Waals surface area (Å²) in [6.45, 7) is 7.23. The van der Waals surface area contributed by atoms with E-state index in [2.05, 4.69) is 10.2 Å². The molecule has 2 fully saturated rings. The van der Waals surface area contributed by atoms with Gasteiger partial charge in [0.25, 0.3) is 0 Å². The van der Waals surface area contributed by atoms with Crippen LogP contribution in [-0.4, -0.2) is 61.6 Å². The lowest BCUT2D eigenvalue weighted by atomic mass is 10.1. The molecule has 6 nitrogen and oxygen atoms in total. The number of morpholine rings is 1. The van der Waals surface area contributed by atoms with Gasteiger partial charge in [-0.05, 0) is 38.5 Å². The molecule has 2 amide bonds. The molecular formula is C21H28F3N3O3. The third-order valence-corrected chi connectivity index (χ3v) is 5.43. The number of benzene rings is 1. The summed E-state index contributed by atoms with van der Waals surface area (Å²) >= 11 is 0. The van der Waals surface area contributed by atoms with Crippen molar-refractivity contribution in [1.82, 2.24) is 10.2 Å². The zero-order valence-corrected chi connectivity index (χ0v) is 17.2. The Kier molecular flexibility index (Phi) is 7.02. The van der Waals surface area contributed by atoms with Crippen LogP contribution in [-0.2, 0) is 20.5 Å². The molecule has 0 radical (unpaired) electrons. The number of halogens is 3. The molecule has 1 aromatic rings. The lowest BCUT2D eigenvalue weighted by Crippen LogP contribution is -2.46. The molecule has 0 saturated carbocycles. The number of rotatable bonds is 6. The highest BCUT2D eigenvalue weighted by Crippen LogP contribution is 2.33. The summed E-state index contributed by atoms with van der Waals surface area (Å²) in [5, 5.41) is 2.86. The van der Waals surface area contributed by atoms with E-state index in [1.807, 2.05) is 13.8 Å². The van der Waals surface area contributed by atoms with Crippen LogP contribution in [0.1, 0.15) is 32.3 Å². The molecule has 30 heavy (non-hydrogen) atoms. The Labute approximate surface area is 174 Å². The average molecular weight is 427 g/mol. The van der Waals surface area contributed by atoms with E-state index in [1.54, 1.807) is 0 Å². The minimum Gasteiger partial charge on any atom is -0.373 e. The van der Waals surface area contributed by atoms with E-state index >= 15 is 0 Å². The molecule has 1 N–H and O–H groups in total. The molecule has 3 unspecified atom stereocenters. The second-order valence-electron chi connectivity index (χ2n) is 8.11. The van der Waals surface area contributed by atoms with Gasteiger partial charge in [-0.15, -0.1) is 0 Å². The van der Waals surface area contributed by atoms with E-state index < -0.39 is 17.7 Å². The fourth-order valence-electron chi connectivity index (χ4n) is 4.11. The number of nitrogens with zero attached hydrogens (tertiary/aromatic N) is 2. The second-order valence-corrected chi connectivity index (χ2v) is 8.11. The van der Waals surface area contributed by atoms with Gasteiger partial charge in [0, 0.05) is 44.8 Å². The van der Waals surface area contributed by atoms with Gasteiger partial charge in [-0.2, -0.15) is 13.2 Å². The van der Waals surface area contributed by atoms with Gasteiger partial charge in [-0.3, -0.25) is 14.5 Å². The Bertz CT molecular complexity index is 761. The molecule has 3 atom stereocenters. The van der Waals surface area contributed by atoms with Crippen molar-refractivity contribution in [3.05, 3.63) is 29.8 Å². The first-order chi connectivity index (χ1) is 14.1. The molecule has 166 valence electrons. The Morgan fingerprint density at radius 2 is 1.90 bits per heavy atom. The summed E-state index contributed by atoms with van der Waals surface area (Å²) in [6, 6.07) is 4.64. The van der Waals surface area contributed by atoms with Crippen LogP contribution < -0.4 is 10.2 Å². The van der Waals surface area contributed by atoms with E-state index in [-0.39, 0.29) is 42.7 Å². The smallest absolute Gasteiger partial charge is 0.373 e. The number of hydrogen-bond donors (Lipinski definition) is 1. The number of alkyl halides is 3. The molecule has 2 heterocycles. The van der Waals surface area contributed by atoms with Gasteiger partial charge in [0.2, 0.25) is 11.8 Å². The first-order valence-electron chi connectivity index (χ1n) is 10.3. The van der Waals surface area contributed by atoms with Crippen molar-refractivity contribution < 1.29 is 27.5 Å². The Balaban J connectivity index is 1.47. The summed E-state index contributed by atoms with van der Waals surface area (Å²) in [7, 11) is 0. The molecule has 1 aromatic carbocycles. The van der Waals surface area contributed by atoms with E-state index in [4.69, 9.17) is 4.74 Å². The van der Waals surface area contributed by atoms with E-state index in [0.717, 1.165) is 38.2 Å². The van der Waals surface area contributed by atoms with Crippen molar-refractivity contribution in [2.75, 3.05) is 37.6 Å². The van der Waals surface area contributed by atoms with Gasteiger partial charge in [-0.1, -0.05) is 6.07 Å². The fourth-order valence-corrected chi connectivity index (χ4v) is 4.11. The molecule has 9 heteroatoms. The van der Waals surface area contributed by atoms with Crippen LogP contribution in [0, 0.1) is 5.92 Å². The van der Waals surface area contributed by atoms with E-state index in [9.17, 15) is 22.8 Å². The van der Waals surface area contributed by atoms with E-state index in [0.29, 0.717) is 6.54 Å². The number of nitrogens with one attached hydrogen (secondary N) is 1. The quantitative estimate of drug-likeness (QED) is 0.710. The highest BCUT2D eigenvalue weighted by Gasteiger charge is 2.36. The summed E-state index contributed by atoms with van der Waals surface area (Å²) in [6.07, 6.45) is -3.32. The second kappa shape index (κ2) is 9.34. The van der Waals surface area contributed by atoms with Crippen LogP contribution in [0.5, 0.6) is 0 Å². The highest BCUT2D eigenvalue weighted by atomic mass is 19.4. The highest BCUT2D eigenvalue weighted by molar-refractivity contribution is 6.00. The lowest BCUT2D eigenvalue weighted by molar-refractivity contribution is -0.137. The first kappa shape index (κ1) is 22.6. The van der Waals surface area contributed by atoms with Crippen LogP contribution in [0.3, 0.4) is 0 Å². The zero-order valence-electron chi connectivity index (χ0n) is 17.2. The molecule has 0 aliphatic carbocycles. The van der Waals surface area contributed by atoms with Crippen molar-refractivity contribution >= 4 is 17.5 Å².